The lowest BCUT2D eigenvalue weighted by atomic mass is 10.1. The first kappa shape index (κ1) is 18.7. The monoisotopic (exact) mass is 431 g/mol. The maximum absolute atomic E-state index is 9.92. The third kappa shape index (κ3) is 3.63. The van der Waals surface area contributed by atoms with E-state index in [-0.39, 0.29) is 6.10 Å². The van der Waals surface area contributed by atoms with Crippen molar-refractivity contribution in [1.82, 2.24) is 9.97 Å². The van der Waals surface area contributed by atoms with Crippen LogP contribution in [0.3, 0.4) is 0 Å². The van der Waals surface area contributed by atoms with Crippen LogP contribution in [0.2, 0.25) is 5.02 Å². The van der Waals surface area contributed by atoms with Gasteiger partial charge in [-0.1, -0.05) is 11.6 Å². The summed E-state index contributed by atoms with van der Waals surface area (Å²) in [4.78, 5) is 16.1. The number of thiophene rings is 1. The molecule has 0 bridgehead atoms. The second-order valence-electron chi connectivity index (χ2n) is 7.46. The van der Waals surface area contributed by atoms with Gasteiger partial charge in [0.15, 0.2) is 0 Å². The van der Waals surface area contributed by atoms with Gasteiger partial charge >= 0.3 is 0 Å². The summed E-state index contributed by atoms with van der Waals surface area (Å²) in [6.07, 6.45) is 4.99. The first-order chi connectivity index (χ1) is 13.7. The second-order valence-corrected chi connectivity index (χ2v) is 10.0. The molecule has 0 amide bonds. The average molecular weight is 432 g/mol. The Balaban J connectivity index is 1.49. The molecule has 1 saturated heterocycles. The molecule has 0 saturated carbocycles. The molecule has 0 unspecified atom stereocenters. The summed E-state index contributed by atoms with van der Waals surface area (Å²) in [5.74, 6) is 2.71. The summed E-state index contributed by atoms with van der Waals surface area (Å²) in [5, 5.41) is 11.9. The molecule has 1 fully saturated rings. The van der Waals surface area contributed by atoms with Crippen LogP contribution in [0.5, 0.6) is 0 Å². The van der Waals surface area contributed by atoms with Gasteiger partial charge in [0.1, 0.15) is 16.5 Å². The van der Waals surface area contributed by atoms with Crippen LogP contribution < -0.4 is 4.90 Å². The Kier molecular flexibility index (Phi) is 5.22. The number of aromatic nitrogens is 2. The molecule has 7 heteroatoms. The molecule has 1 aliphatic heterocycles. The molecule has 3 heterocycles. The lowest BCUT2D eigenvalue weighted by Gasteiger charge is -2.31. The number of hydrogen-bond donors (Lipinski definition) is 1. The zero-order valence-electron chi connectivity index (χ0n) is 15.5. The fraction of sp³-hybridized carbons (Fsp3) is 0.429. The number of aliphatic hydroxyl groups excluding tert-OH is 1. The topological polar surface area (TPSA) is 49.2 Å². The van der Waals surface area contributed by atoms with Crippen molar-refractivity contribution in [3.8, 4) is 0 Å². The Morgan fingerprint density at radius 3 is 2.71 bits per heavy atom. The number of piperidine rings is 1. The number of benzene rings is 1. The number of rotatable bonds is 4. The zero-order valence-corrected chi connectivity index (χ0v) is 17.9. The minimum atomic E-state index is -0.179. The van der Waals surface area contributed by atoms with Crippen molar-refractivity contribution in [2.75, 3.05) is 18.0 Å². The highest BCUT2D eigenvalue weighted by atomic mass is 35.5. The van der Waals surface area contributed by atoms with Crippen LogP contribution in [0, 0.1) is 0 Å². The largest absolute Gasteiger partial charge is 0.393 e. The van der Waals surface area contributed by atoms with E-state index in [1.165, 1.54) is 33.6 Å². The molecular formula is C21H22ClN3OS2. The molecule has 1 aromatic carbocycles. The molecule has 0 spiro atoms. The fourth-order valence-corrected chi connectivity index (χ4v) is 6.22. The van der Waals surface area contributed by atoms with E-state index in [2.05, 4.69) is 4.90 Å². The van der Waals surface area contributed by atoms with Crippen LogP contribution in [0.25, 0.3) is 10.2 Å². The van der Waals surface area contributed by atoms with Gasteiger partial charge in [-0.15, -0.1) is 23.1 Å². The summed E-state index contributed by atoms with van der Waals surface area (Å²) in [5.41, 5.74) is 1.47. The highest BCUT2D eigenvalue weighted by molar-refractivity contribution is 7.98. The van der Waals surface area contributed by atoms with Crippen LogP contribution in [-0.4, -0.2) is 34.3 Å². The zero-order chi connectivity index (χ0) is 19.1. The predicted octanol–water partition coefficient (Wildman–Crippen LogP) is 5.09. The molecule has 2 aliphatic rings. The summed E-state index contributed by atoms with van der Waals surface area (Å²) in [6.45, 7) is 1.73. The Hall–Kier alpha value is -1.34. The van der Waals surface area contributed by atoms with Gasteiger partial charge in [0.2, 0.25) is 0 Å². The third-order valence-corrected chi connectivity index (χ3v) is 7.98. The van der Waals surface area contributed by atoms with Gasteiger partial charge in [0, 0.05) is 27.9 Å². The molecule has 3 aromatic rings. The van der Waals surface area contributed by atoms with Crippen molar-refractivity contribution in [3.63, 3.8) is 0 Å². The minimum absolute atomic E-state index is 0.179. The van der Waals surface area contributed by atoms with Crippen LogP contribution >= 0.6 is 34.7 Å². The van der Waals surface area contributed by atoms with Gasteiger partial charge in [-0.25, -0.2) is 9.97 Å². The molecule has 1 aliphatic carbocycles. The summed E-state index contributed by atoms with van der Waals surface area (Å²) >= 11 is 9.58. The Labute approximate surface area is 178 Å². The second kappa shape index (κ2) is 7.82. The number of fused-ring (bicyclic) bond motifs is 3. The molecule has 146 valence electrons. The molecule has 28 heavy (non-hydrogen) atoms. The molecule has 0 radical (unpaired) electrons. The van der Waals surface area contributed by atoms with Crippen molar-refractivity contribution in [2.45, 2.75) is 48.9 Å². The first-order valence-electron chi connectivity index (χ1n) is 9.80. The van der Waals surface area contributed by atoms with Gasteiger partial charge < -0.3 is 10.0 Å². The highest BCUT2D eigenvalue weighted by Gasteiger charge is 2.26. The van der Waals surface area contributed by atoms with E-state index in [0.717, 1.165) is 59.6 Å². The van der Waals surface area contributed by atoms with Gasteiger partial charge in [-0.05, 0) is 61.9 Å². The summed E-state index contributed by atoms with van der Waals surface area (Å²) in [7, 11) is 0. The maximum Gasteiger partial charge on any atom is 0.142 e. The number of hydrogen-bond acceptors (Lipinski definition) is 6. The Bertz CT molecular complexity index is 997. The van der Waals surface area contributed by atoms with Crippen LogP contribution in [0.4, 0.5) is 5.82 Å². The van der Waals surface area contributed by atoms with Crippen LogP contribution in [0.15, 0.2) is 29.2 Å². The van der Waals surface area contributed by atoms with Gasteiger partial charge in [-0.3, -0.25) is 0 Å². The van der Waals surface area contributed by atoms with Crippen molar-refractivity contribution in [1.29, 1.82) is 0 Å². The van der Waals surface area contributed by atoms with Crippen molar-refractivity contribution < 1.29 is 5.11 Å². The quantitative estimate of drug-likeness (QED) is 0.583. The Morgan fingerprint density at radius 1 is 1.14 bits per heavy atom. The SMILES string of the molecule is OC1CCN(c2nc(CSc3ccc(Cl)cc3)nc3sc4c(c23)CCC4)CC1. The van der Waals surface area contributed by atoms with E-state index in [1.54, 1.807) is 11.8 Å². The van der Waals surface area contributed by atoms with Crippen LogP contribution in [-0.2, 0) is 18.6 Å². The number of halogens is 1. The predicted molar refractivity (Wildman–Crippen MR) is 118 cm³/mol. The summed E-state index contributed by atoms with van der Waals surface area (Å²) in [6, 6.07) is 7.92. The van der Waals surface area contributed by atoms with E-state index < -0.39 is 0 Å². The summed E-state index contributed by atoms with van der Waals surface area (Å²) < 4.78 is 0. The first-order valence-corrected chi connectivity index (χ1v) is 12.0. The van der Waals surface area contributed by atoms with E-state index in [0.29, 0.717) is 0 Å². The smallest absolute Gasteiger partial charge is 0.142 e. The standard InChI is InChI=1S/C21H22ClN3OS2/c22-13-4-6-15(7-5-13)27-12-18-23-20(25-10-8-14(26)9-11-25)19-16-2-1-3-17(16)28-21(19)24-18/h4-7,14,26H,1-3,8-12H2. The van der Waals surface area contributed by atoms with E-state index in [9.17, 15) is 5.11 Å². The normalized spacial score (nSPS) is 17.4. The molecule has 4 nitrogen and oxygen atoms in total. The third-order valence-electron chi connectivity index (χ3n) is 5.54. The van der Waals surface area contributed by atoms with Gasteiger partial charge in [0.25, 0.3) is 0 Å². The Morgan fingerprint density at radius 2 is 1.93 bits per heavy atom. The van der Waals surface area contributed by atoms with E-state index >= 15 is 0 Å². The number of nitrogens with zero attached hydrogens (tertiary/aromatic N) is 3. The number of aryl methyl sites for hydroxylation is 2. The molecular weight excluding hydrogens is 410 g/mol. The van der Waals surface area contributed by atoms with Crippen molar-refractivity contribution >= 4 is 50.7 Å². The fourth-order valence-electron chi connectivity index (χ4n) is 4.07. The van der Waals surface area contributed by atoms with Crippen molar-refractivity contribution in [2.24, 2.45) is 0 Å². The van der Waals surface area contributed by atoms with Gasteiger partial charge in [-0.2, -0.15) is 0 Å². The molecule has 2 aromatic heterocycles. The maximum atomic E-state index is 9.92. The lowest BCUT2D eigenvalue weighted by Crippen LogP contribution is -2.36. The number of anilines is 1. The molecule has 5 rings (SSSR count). The van der Waals surface area contributed by atoms with Crippen molar-refractivity contribution in [3.05, 3.63) is 45.6 Å². The van der Waals surface area contributed by atoms with E-state index in [4.69, 9.17) is 21.6 Å². The van der Waals surface area contributed by atoms with Gasteiger partial charge in [0.05, 0.1) is 17.2 Å². The number of aliphatic hydroxyl groups is 1. The lowest BCUT2D eigenvalue weighted by molar-refractivity contribution is 0.145. The molecule has 1 N–H and O–H groups in total. The highest BCUT2D eigenvalue weighted by Crippen LogP contribution is 2.41. The average Bonchev–Trinajstić information content (AvgIpc) is 3.28. The van der Waals surface area contributed by atoms with Crippen LogP contribution in [0.1, 0.15) is 35.5 Å². The van der Waals surface area contributed by atoms with E-state index in [1.807, 2.05) is 35.6 Å². The molecule has 0 atom stereocenters. The number of thioether (sulfide) groups is 1. The minimum Gasteiger partial charge on any atom is -0.393 e.